The van der Waals surface area contributed by atoms with Crippen LogP contribution >= 0.6 is 0 Å². The molecule has 0 aromatic heterocycles. The number of ether oxygens (including phenoxy) is 2. The molecule has 98 valence electrons. The molecule has 1 N–H and O–H groups in total. The molecule has 3 rings (SSSR count). The molecule has 0 amide bonds. The van der Waals surface area contributed by atoms with E-state index in [1.807, 2.05) is 18.2 Å². The van der Waals surface area contributed by atoms with E-state index in [9.17, 15) is 5.11 Å². The van der Waals surface area contributed by atoms with Gasteiger partial charge in [-0.2, -0.15) is 0 Å². The van der Waals surface area contributed by atoms with Crippen molar-refractivity contribution in [2.75, 3.05) is 13.2 Å². The molecule has 1 unspecified atom stereocenters. The quantitative estimate of drug-likeness (QED) is 0.888. The number of benzene rings is 1. The van der Waals surface area contributed by atoms with Gasteiger partial charge in [0.25, 0.3) is 0 Å². The average molecular weight is 248 g/mol. The van der Waals surface area contributed by atoms with Crippen LogP contribution in [0.2, 0.25) is 0 Å². The number of hydrogen-bond donors (Lipinski definition) is 1. The Hall–Kier alpha value is -1.06. The molecule has 0 radical (unpaired) electrons. The molecule has 1 aliphatic heterocycles. The summed E-state index contributed by atoms with van der Waals surface area (Å²) in [4.78, 5) is 0. The highest BCUT2D eigenvalue weighted by molar-refractivity contribution is 5.30. The molecule has 1 aromatic rings. The second-order valence-corrected chi connectivity index (χ2v) is 5.51. The van der Waals surface area contributed by atoms with Crippen LogP contribution in [0.15, 0.2) is 24.3 Å². The minimum Gasteiger partial charge on any atom is -0.488 e. The summed E-state index contributed by atoms with van der Waals surface area (Å²) < 4.78 is 11.3. The van der Waals surface area contributed by atoms with Crippen molar-refractivity contribution in [2.45, 2.75) is 43.8 Å². The van der Waals surface area contributed by atoms with Crippen molar-refractivity contribution in [1.29, 1.82) is 0 Å². The molecular weight excluding hydrogens is 228 g/mol. The van der Waals surface area contributed by atoms with Gasteiger partial charge in [0.1, 0.15) is 11.9 Å². The monoisotopic (exact) mass is 248 g/mol. The summed E-state index contributed by atoms with van der Waals surface area (Å²) in [5, 5.41) is 9.93. The van der Waals surface area contributed by atoms with Gasteiger partial charge in [-0.25, -0.2) is 0 Å². The molecule has 1 aliphatic carbocycles. The normalized spacial score (nSPS) is 25.7. The maximum atomic E-state index is 9.93. The second kappa shape index (κ2) is 4.90. The third-order valence-corrected chi connectivity index (χ3v) is 3.68. The van der Waals surface area contributed by atoms with Crippen LogP contribution in [0.1, 0.15) is 31.2 Å². The molecule has 1 saturated heterocycles. The number of rotatable bonds is 4. The van der Waals surface area contributed by atoms with Gasteiger partial charge in [-0.1, -0.05) is 12.1 Å². The van der Waals surface area contributed by atoms with Gasteiger partial charge in [0.15, 0.2) is 0 Å². The third kappa shape index (κ3) is 3.03. The first-order valence-corrected chi connectivity index (χ1v) is 6.79. The summed E-state index contributed by atoms with van der Waals surface area (Å²) in [7, 11) is 0. The smallest absolute Gasteiger partial charge is 0.122 e. The van der Waals surface area contributed by atoms with E-state index in [0.717, 1.165) is 50.0 Å². The first kappa shape index (κ1) is 12.0. The Morgan fingerprint density at radius 1 is 1.39 bits per heavy atom. The van der Waals surface area contributed by atoms with Crippen LogP contribution in [0.3, 0.4) is 0 Å². The average Bonchev–Trinajstić information content (AvgIpc) is 3.08. The Morgan fingerprint density at radius 3 is 3.00 bits per heavy atom. The first-order valence-electron chi connectivity index (χ1n) is 6.79. The highest BCUT2D eigenvalue weighted by Crippen LogP contribution is 2.38. The van der Waals surface area contributed by atoms with Crippen molar-refractivity contribution in [2.24, 2.45) is 0 Å². The van der Waals surface area contributed by atoms with Gasteiger partial charge >= 0.3 is 0 Å². The van der Waals surface area contributed by atoms with Gasteiger partial charge in [0, 0.05) is 13.0 Å². The molecule has 2 fully saturated rings. The topological polar surface area (TPSA) is 38.7 Å². The Labute approximate surface area is 108 Å². The Morgan fingerprint density at radius 2 is 2.28 bits per heavy atom. The Bertz CT molecular complexity index is 406. The summed E-state index contributed by atoms with van der Waals surface area (Å²) in [5.41, 5.74) is 0.719. The van der Waals surface area contributed by atoms with Crippen molar-refractivity contribution in [3.8, 4) is 5.75 Å². The van der Waals surface area contributed by atoms with Gasteiger partial charge in [-0.05, 0) is 43.4 Å². The summed E-state index contributed by atoms with van der Waals surface area (Å²) in [6, 6.07) is 8.08. The number of hydrogen-bond acceptors (Lipinski definition) is 3. The van der Waals surface area contributed by atoms with Gasteiger partial charge in [0.2, 0.25) is 0 Å². The largest absolute Gasteiger partial charge is 0.488 e. The van der Waals surface area contributed by atoms with Crippen LogP contribution in [0.4, 0.5) is 0 Å². The molecule has 1 aromatic carbocycles. The minimum atomic E-state index is -0.438. The second-order valence-electron chi connectivity index (χ2n) is 5.51. The molecule has 0 spiro atoms. The van der Waals surface area contributed by atoms with Gasteiger partial charge < -0.3 is 14.6 Å². The molecule has 18 heavy (non-hydrogen) atoms. The fourth-order valence-electron chi connectivity index (χ4n) is 2.43. The predicted octanol–water partition coefficient (Wildman–Crippen LogP) is 2.31. The Balaban J connectivity index is 1.62. The van der Waals surface area contributed by atoms with Crippen LogP contribution in [0.5, 0.6) is 5.75 Å². The summed E-state index contributed by atoms with van der Waals surface area (Å²) >= 11 is 0. The van der Waals surface area contributed by atoms with Gasteiger partial charge in [0.05, 0.1) is 12.2 Å². The van der Waals surface area contributed by atoms with E-state index in [-0.39, 0.29) is 6.10 Å². The van der Waals surface area contributed by atoms with Gasteiger partial charge in [-0.15, -0.1) is 0 Å². The molecular formula is C15H20O3. The van der Waals surface area contributed by atoms with E-state index >= 15 is 0 Å². The maximum absolute atomic E-state index is 9.93. The lowest BCUT2D eigenvalue weighted by atomic mass is 10.1. The molecule has 0 bridgehead atoms. The lowest BCUT2D eigenvalue weighted by Crippen LogP contribution is -2.28. The summed E-state index contributed by atoms with van der Waals surface area (Å²) in [5.74, 6) is 0.896. The van der Waals surface area contributed by atoms with Crippen molar-refractivity contribution in [3.63, 3.8) is 0 Å². The van der Waals surface area contributed by atoms with E-state index in [0.29, 0.717) is 6.61 Å². The van der Waals surface area contributed by atoms with E-state index in [1.165, 1.54) is 0 Å². The first-order chi connectivity index (χ1) is 8.73. The SMILES string of the molecule is OC1(Cc2cccc(OC3CCCOC3)c2)CC1. The minimum absolute atomic E-state index is 0.179. The van der Waals surface area contributed by atoms with Crippen LogP contribution < -0.4 is 4.74 Å². The van der Waals surface area contributed by atoms with E-state index in [1.54, 1.807) is 0 Å². The highest BCUT2D eigenvalue weighted by atomic mass is 16.5. The van der Waals surface area contributed by atoms with Gasteiger partial charge in [-0.3, -0.25) is 0 Å². The van der Waals surface area contributed by atoms with Crippen molar-refractivity contribution < 1.29 is 14.6 Å². The summed E-state index contributed by atoms with van der Waals surface area (Å²) in [6.45, 7) is 1.54. The van der Waals surface area contributed by atoms with Crippen LogP contribution in [-0.2, 0) is 11.2 Å². The van der Waals surface area contributed by atoms with E-state index < -0.39 is 5.60 Å². The zero-order valence-corrected chi connectivity index (χ0v) is 10.6. The molecule has 2 aliphatic rings. The van der Waals surface area contributed by atoms with Crippen LogP contribution in [0.25, 0.3) is 0 Å². The number of aliphatic hydroxyl groups is 1. The van der Waals surface area contributed by atoms with Crippen LogP contribution in [0, 0.1) is 0 Å². The van der Waals surface area contributed by atoms with Crippen molar-refractivity contribution in [1.82, 2.24) is 0 Å². The third-order valence-electron chi connectivity index (χ3n) is 3.68. The fourth-order valence-corrected chi connectivity index (χ4v) is 2.43. The van der Waals surface area contributed by atoms with Crippen LogP contribution in [-0.4, -0.2) is 30.0 Å². The zero-order valence-electron chi connectivity index (χ0n) is 10.6. The highest BCUT2D eigenvalue weighted by Gasteiger charge is 2.40. The molecule has 3 nitrogen and oxygen atoms in total. The lowest BCUT2D eigenvalue weighted by Gasteiger charge is -2.23. The Kier molecular flexibility index (Phi) is 3.27. The zero-order chi connectivity index (χ0) is 12.4. The fraction of sp³-hybridized carbons (Fsp3) is 0.600. The van der Waals surface area contributed by atoms with E-state index in [2.05, 4.69) is 6.07 Å². The lowest BCUT2D eigenvalue weighted by molar-refractivity contribution is 0.00738. The van der Waals surface area contributed by atoms with Crippen molar-refractivity contribution >= 4 is 0 Å². The maximum Gasteiger partial charge on any atom is 0.122 e. The standard InChI is InChI=1S/C15H20O3/c16-15(6-7-15)10-12-3-1-4-13(9-12)18-14-5-2-8-17-11-14/h1,3-4,9,14,16H,2,5-8,10-11H2. The molecule has 1 saturated carbocycles. The molecule has 1 heterocycles. The van der Waals surface area contributed by atoms with E-state index in [4.69, 9.17) is 9.47 Å². The summed E-state index contributed by atoms with van der Waals surface area (Å²) in [6.07, 6.45) is 4.91. The predicted molar refractivity (Wildman–Crippen MR) is 68.8 cm³/mol. The van der Waals surface area contributed by atoms with Crippen molar-refractivity contribution in [3.05, 3.63) is 29.8 Å². The molecule has 1 atom stereocenters. The molecule has 3 heteroatoms.